The maximum absolute atomic E-state index is 13.4. The molecule has 6 nitrogen and oxygen atoms in total. The quantitative estimate of drug-likeness (QED) is 0.409. The number of carbonyl (C=O) groups excluding carboxylic acids is 2. The maximum atomic E-state index is 13.4. The van der Waals surface area contributed by atoms with E-state index in [9.17, 15) is 9.59 Å². The van der Waals surface area contributed by atoms with Crippen LogP contribution < -0.4 is 4.90 Å². The summed E-state index contributed by atoms with van der Waals surface area (Å²) in [5.41, 5.74) is 4.04. The maximum Gasteiger partial charge on any atom is 0.243 e. The van der Waals surface area contributed by atoms with Crippen molar-refractivity contribution in [2.75, 3.05) is 11.4 Å². The molecule has 3 aromatic rings. The lowest BCUT2D eigenvalue weighted by molar-refractivity contribution is -0.135. The summed E-state index contributed by atoms with van der Waals surface area (Å²) in [4.78, 5) is 35.1. The highest BCUT2D eigenvalue weighted by atomic mass is 16.2. The van der Waals surface area contributed by atoms with Crippen molar-refractivity contribution in [2.45, 2.75) is 84.8 Å². The van der Waals surface area contributed by atoms with Crippen molar-refractivity contribution in [1.82, 2.24) is 14.5 Å². The van der Waals surface area contributed by atoms with Gasteiger partial charge in [-0.2, -0.15) is 0 Å². The topological polar surface area (TPSA) is 58.4 Å². The predicted molar refractivity (Wildman–Crippen MR) is 142 cm³/mol. The van der Waals surface area contributed by atoms with Crippen LogP contribution in [0.5, 0.6) is 0 Å². The number of fused-ring (bicyclic) bond motifs is 1. The SMILES string of the molecule is CCCCc1ccc(N2CC(c3nc4ccccc4n3CC(=O)N(C(C)C)C(C)C)CC2=O)cc1. The molecule has 0 N–H and O–H groups in total. The zero-order chi connectivity index (χ0) is 25.1. The van der Waals surface area contributed by atoms with E-state index in [1.807, 2.05) is 66.3 Å². The fourth-order valence-corrected chi connectivity index (χ4v) is 5.31. The van der Waals surface area contributed by atoms with Gasteiger partial charge in [-0.25, -0.2) is 4.98 Å². The first-order valence-electron chi connectivity index (χ1n) is 13.0. The molecule has 0 aliphatic carbocycles. The Hall–Kier alpha value is -3.15. The van der Waals surface area contributed by atoms with Gasteiger partial charge in [-0.15, -0.1) is 0 Å². The summed E-state index contributed by atoms with van der Waals surface area (Å²) in [5.74, 6) is 0.937. The average Bonchev–Trinajstić information content (AvgIpc) is 3.38. The van der Waals surface area contributed by atoms with Crippen molar-refractivity contribution >= 4 is 28.5 Å². The molecule has 1 saturated heterocycles. The van der Waals surface area contributed by atoms with Crippen molar-refractivity contribution in [1.29, 1.82) is 0 Å². The molecule has 0 radical (unpaired) electrons. The van der Waals surface area contributed by atoms with E-state index in [2.05, 4.69) is 31.2 Å². The van der Waals surface area contributed by atoms with Crippen molar-refractivity contribution < 1.29 is 9.59 Å². The molecule has 0 bridgehead atoms. The molecular formula is C29H38N4O2. The smallest absolute Gasteiger partial charge is 0.243 e. The molecular weight excluding hydrogens is 436 g/mol. The van der Waals surface area contributed by atoms with E-state index in [1.165, 1.54) is 18.4 Å². The Morgan fingerprint density at radius 1 is 1.06 bits per heavy atom. The van der Waals surface area contributed by atoms with E-state index in [1.54, 1.807) is 0 Å². The molecule has 1 aromatic heterocycles. The Morgan fingerprint density at radius 2 is 1.74 bits per heavy atom. The van der Waals surface area contributed by atoms with Gasteiger partial charge in [0.05, 0.1) is 11.0 Å². The number of nitrogens with zero attached hydrogens (tertiary/aromatic N) is 4. The van der Waals surface area contributed by atoms with Crippen molar-refractivity contribution in [3.05, 3.63) is 59.9 Å². The highest BCUT2D eigenvalue weighted by Gasteiger charge is 2.35. The van der Waals surface area contributed by atoms with Crippen LogP contribution in [0.4, 0.5) is 5.69 Å². The molecule has 0 saturated carbocycles. The van der Waals surface area contributed by atoms with Crippen LogP contribution in [-0.2, 0) is 22.6 Å². The number of aromatic nitrogens is 2. The Kier molecular flexibility index (Phi) is 7.58. The van der Waals surface area contributed by atoms with Crippen LogP contribution in [0, 0.1) is 0 Å². The lowest BCUT2D eigenvalue weighted by atomic mass is 10.1. The molecule has 35 heavy (non-hydrogen) atoms. The minimum atomic E-state index is -0.0611. The first kappa shape index (κ1) is 25.0. The number of carbonyl (C=O) groups is 2. The van der Waals surface area contributed by atoms with Crippen LogP contribution in [0.2, 0.25) is 0 Å². The number of aryl methyl sites for hydroxylation is 1. The molecule has 2 aromatic carbocycles. The van der Waals surface area contributed by atoms with Gasteiger partial charge >= 0.3 is 0 Å². The third-order valence-corrected chi connectivity index (χ3v) is 6.94. The summed E-state index contributed by atoms with van der Waals surface area (Å²) in [5, 5.41) is 0. The number of hydrogen-bond donors (Lipinski definition) is 0. The van der Waals surface area contributed by atoms with Gasteiger partial charge in [0.1, 0.15) is 12.4 Å². The molecule has 0 spiro atoms. The van der Waals surface area contributed by atoms with Crippen LogP contribution in [0.25, 0.3) is 11.0 Å². The highest BCUT2D eigenvalue weighted by molar-refractivity contribution is 5.96. The van der Waals surface area contributed by atoms with Gasteiger partial charge in [-0.1, -0.05) is 37.6 Å². The van der Waals surface area contributed by atoms with Crippen molar-refractivity contribution in [3.63, 3.8) is 0 Å². The largest absolute Gasteiger partial charge is 0.336 e. The van der Waals surface area contributed by atoms with E-state index >= 15 is 0 Å². The lowest BCUT2D eigenvalue weighted by Gasteiger charge is -2.31. The number of anilines is 1. The summed E-state index contributed by atoms with van der Waals surface area (Å²) in [6, 6.07) is 16.5. The van der Waals surface area contributed by atoms with Gasteiger partial charge in [0, 0.05) is 36.7 Å². The number of hydrogen-bond acceptors (Lipinski definition) is 3. The zero-order valence-electron chi connectivity index (χ0n) is 21.7. The molecule has 1 aliphatic heterocycles. The minimum Gasteiger partial charge on any atom is -0.336 e. The zero-order valence-corrected chi connectivity index (χ0v) is 21.7. The number of imidazole rings is 1. The predicted octanol–water partition coefficient (Wildman–Crippen LogP) is 5.54. The minimum absolute atomic E-state index is 0.0611. The second-order valence-corrected chi connectivity index (χ2v) is 10.2. The van der Waals surface area contributed by atoms with Crippen LogP contribution in [-0.4, -0.2) is 44.9 Å². The monoisotopic (exact) mass is 474 g/mol. The molecule has 6 heteroatoms. The molecule has 186 valence electrons. The van der Waals surface area contributed by atoms with Crippen LogP contribution in [0.15, 0.2) is 48.5 Å². The van der Waals surface area contributed by atoms with E-state index < -0.39 is 0 Å². The van der Waals surface area contributed by atoms with Crippen molar-refractivity contribution in [2.24, 2.45) is 0 Å². The molecule has 1 fully saturated rings. The van der Waals surface area contributed by atoms with Gasteiger partial charge in [-0.05, 0) is 70.4 Å². The van der Waals surface area contributed by atoms with Gasteiger partial charge in [0.25, 0.3) is 0 Å². The summed E-state index contributed by atoms with van der Waals surface area (Å²) in [6.45, 7) is 11.2. The lowest BCUT2D eigenvalue weighted by Crippen LogP contribution is -2.44. The number of unbranched alkanes of at least 4 members (excludes halogenated alkanes) is 1. The number of amides is 2. The summed E-state index contributed by atoms with van der Waals surface area (Å²) >= 11 is 0. The van der Waals surface area contributed by atoms with E-state index in [0.717, 1.165) is 29.0 Å². The summed E-state index contributed by atoms with van der Waals surface area (Å²) < 4.78 is 2.03. The van der Waals surface area contributed by atoms with E-state index in [-0.39, 0.29) is 36.4 Å². The third-order valence-electron chi connectivity index (χ3n) is 6.94. The molecule has 1 atom stereocenters. The van der Waals surface area contributed by atoms with Crippen LogP contribution in [0.3, 0.4) is 0 Å². The Bertz CT molecular complexity index is 1170. The Morgan fingerprint density at radius 3 is 2.40 bits per heavy atom. The number of para-hydroxylation sites is 2. The molecule has 2 amide bonds. The first-order chi connectivity index (χ1) is 16.8. The highest BCUT2D eigenvalue weighted by Crippen LogP contribution is 2.33. The van der Waals surface area contributed by atoms with Crippen LogP contribution >= 0.6 is 0 Å². The molecule has 1 unspecified atom stereocenters. The normalized spacial score (nSPS) is 16.1. The Balaban J connectivity index is 1.61. The van der Waals surface area contributed by atoms with Crippen molar-refractivity contribution in [3.8, 4) is 0 Å². The summed E-state index contributed by atoms with van der Waals surface area (Å²) in [7, 11) is 0. The molecule has 2 heterocycles. The van der Waals surface area contributed by atoms with Gasteiger partial charge < -0.3 is 14.4 Å². The fraction of sp³-hybridized carbons (Fsp3) is 0.483. The third kappa shape index (κ3) is 5.26. The molecule has 4 rings (SSSR count). The second-order valence-electron chi connectivity index (χ2n) is 10.2. The molecule has 1 aliphatic rings. The second kappa shape index (κ2) is 10.6. The van der Waals surface area contributed by atoms with Gasteiger partial charge in [-0.3, -0.25) is 9.59 Å². The van der Waals surface area contributed by atoms with Gasteiger partial charge in [0.15, 0.2) is 0 Å². The standard InChI is InChI=1S/C29H38N4O2/c1-6-7-10-22-13-15-24(16-14-22)31-18-23(17-27(31)34)29-30-25-11-8-9-12-26(25)32(29)19-28(35)33(20(2)3)21(4)5/h8-9,11-16,20-21,23H,6-7,10,17-19H2,1-5H3. The number of benzene rings is 2. The van der Waals surface area contributed by atoms with Gasteiger partial charge in [0.2, 0.25) is 11.8 Å². The van der Waals surface area contributed by atoms with E-state index in [0.29, 0.717) is 13.0 Å². The Labute approximate surface area is 208 Å². The summed E-state index contributed by atoms with van der Waals surface area (Å²) in [6.07, 6.45) is 3.80. The van der Waals surface area contributed by atoms with Crippen LogP contribution in [0.1, 0.15) is 71.2 Å². The fourth-order valence-electron chi connectivity index (χ4n) is 5.31. The number of rotatable bonds is 9. The first-order valence-corrected chi connectivity index (χ1v) is 13.0. The van der Waals surface area contributed by atoms with E-state index in [4.69, 9.17) is 4.98 Å². The average molecular weight is 475 g/mol.